The Kier molecular flexibility index (Phi) is 3.08. The molecule has 0 amide bonds. The summed E-state index contributed by atoms with van der Waals surface area (Å²) >= 11 is 0. The quantitative estimate of drug-likeness (QED) is 0.664. The first kappa shape index (κ1) is 13.8. The van der Waals surface area contributed by atoms with Crippen molar-refractivity contribution in [3.05, 3.63) is 53.3 Å². The molecule has 0 bridgehead atoms. The molecule has 2 aromatic heterocycles. The van der Waals surface area contributed by atoms with E-state index in [-0.39, 0.29) is 5.41 Å². The molecular weight excluding hydrogens is 258 g/mol. The average Bonchev–Trinajstić information content (AvgIpc) is 2.80. The van der Waals surface area contributed by atoms with E-state index in [0.717, 1.165) is 22.6 Å². The van der Waals surface area contributed by atoms with Crippen LogP contribution in [-0.2, 0) is 5.41 Å². The fourth-order valence-electron chi connectivity index (χ4n) is 2.50. The Morgan fingerprint density at radius 2 is 1.62 bits per heavy atom. The van der Waals surface area contributed by atoms with Gasteiger partial charge in [0.15, 0.2) is 5.65 Å². The molecule has 0 saturated carbocycles. The van der Waals surface area contributed by atoms with Gasteiger partial charge in [-0.1, -0.05) is 50.6 Å². The van der Waals surface area contributed by atoms with Gasteiger partial charge in [-0.2, -0.15) is 5.10 Å². The van der Waals surface area contributed by atoms with Gasteiger partial charge in [-0.25, -0.2) is 9.50 Å². The third kappa shape index (κ3) is 2.56. The molecule has 0 unspecified atom stereocenters. The Bertz CT molecular complexity index is 790. The first-order chi connectivity index (χ1) is 9.84. The van der Waals surface area contributed by atoms with Crippen LogP contribution in [0.1, 0.15) is 37.7 Å². The largest absolute Gasteiger partial charge is 0.234 e. The Morgan fingerprint density at radius 3 is 2.24 bits per heavy atom. The molecule has 3 aromatic rings. The lowest BCUT2D eigenvalue weighted by molar-refractivity contribution is 0.546. The van der Waals surface area contributed by atoms with Crippen molar-refractivity contribution in [1.29, 1.82) is 0 Å². The van der Waals surface area contributed by atoms with Crippen LogP contribution >= 0.6 is 0 Å². The van der Waals surface area contributed by atoms with Gasteiger partial charge in [0.05, 0.1) is 11.4 Å². The summed E-state index contributed by atoms with van der Waals surface area (Å²) in [5.74, 6) is 0. The Labute approximate surface area is 125 Å². The maximum atomic E-state index is 4.77. The van der Waals surface area contributed by atoms with E-state index in [1.54, 1.807) is 0 Å². The highest BCUT2D eigenvalue weighted by molar-refractivity contribution is 5.64. The van der Waals surface area contributed by atoms with Crippen molar-refractivity contribution in [2.75, 3.05) is 0 Å². The molecule has 3 nitrogen and oxygen atoms in total. The highest BCUT2D eigenvalue weighted by Crippen LogP contribution is 2.26. The second kappa shape index (κ2) is 4.69. The van der Waals surface area contributed by atoms with Crippen LogP contribution in [0.3, 0.4) is 0 Å². The zero-order valence-electron chi connectivity index (χ0n) is 13.3. The normalized spacial score (nSPS) is 12.0. The third-order valence-corrected chi connectivity index (χ3v) is 3.67. The summed E-state index contributed by atoms with van der Waals surface area (Å²) in [7, 11) is 0. The minimum absolute atomic E-state index is 0.0303. The number of hydrogen-bond donors (Lipinski definition) is 0. The summed E-state index contributed by atoms with van der Waals surface area (Å²) in [4.78, 5) is 4.61. The van der Waals surface area contributed by atoms with E-state index < -0.39 is 0 Å². The summed E-state index contributed by atoms with van der Waals surface area (Å²) in [6.45, 7) is 10.7. The van der Waals surface area contributed by atoms with Crippen molar-refractivity contribution >= 4 is 5.65 Å². The van der Waals surface area contributed by atoms with E-state index in [4.69, 9.17) is 5.10 Å². The number of benzene rings is 1. The fraction of sp³-hybridized carbons (Fsp3) is 0.333. The lowest BCUT2D eigenvalue weighted by atomic mass is 9.91. The van der Waals surface area contributed by atoms with Crippen molar-refractivity contribution in [2.24, 2.45) is 0 Å². The highest BCUT2D eigenvalue weighted by atomic mass is 15.3. The molecule has 0 atom stereocenters. The molecule has 0 radical (unpaired) electrons. The highest BCUT2D eigenvalue weighted by Gasteiger charge is 2.20. The van der Waals surface area contributed by atoms with Crippen molar-refractivity contribution < 1.29 is 0 Å². The topological polar surface area (TPSA) is 30.2 Å². The molecule has 0 aliphatic heterocycles. The molecule has 0 spiro atoms. The number of nitrogens with zero attached hydrogens (tertiary/aromatic N) is 3. The fourth-order valence-corrected chi connectivity index (χ4v) is 2.50. The van der Waals surface area contributed by atoms with E-state index in [2.05, 4.69) is 69.1 Å². The first-order valence-corrected chi connectivity index (χ1v) is 7.29. The number of hydrogen-bond acceptors (Lipinski definition) is 2. The number of aromatic nitrogens is 3. The predicted octanol–water partition coefficient (Wildman–Crippen LogP) is 4.31. The van der Waals surface area contributed by atoms with Gasteiger partial charge >= 0.3 is 0 Å². The van der Waals surface area contributed by atoms with E-state index in [0.29, 0.717) is 0 Å². The maximum Gasteiger partial charge on any atom is 0.156 e. The minimum Gasteiger partial charge on any atom is -0.234 e. The lowest BCUT2D eigenvalue weighted by Crippen LogP contribution is -2.18. The Balaban J connectivity index is 2.22. The third-order valence-electron chi connectivity index (χ3n) is 3.67. The van der Waals surface area contributed by atoms with Crippen LogP contribution in [0.5, 0.6) is 0 Å². The monoisotopic (exact) mass is 279 g/mol. The first-order valence-electron chi connectivity index (χ1n) is 7.29. The van der Waals surface area contributed by atoms with Gasteiger partial charge in [0.1, 0.15) is 0 Å². The number of aryl methyl sites for hydroxylation is 2. The Morgan fingerprint density at radius 1 is 0.952 bits per heavy atom. The van der Waals surface area contributed by atoms with Crippen molar-refractivity contribution in [3.8, 4) is 11.3 Å². The molecule has 2 heterocycles. The molecular formula is C18H21N3. The van der Waals surface area contributed by atoms with Gasteiger partial charge in [0, 0.05) is 22.7 Å². The van der Waals surface area contributed by atoms with Crippen LogP contribution in [0.2, 0.25) is 0 Å². The van der Waals surface area contributed by atoms with Crippen LogP contribution in [0, 0.1) is 13.8 Å². The summed E-state index contributed by atoms with van der Waals surface area (Å²) < 4.78 is 1.97. The van der Waals surface area contributed by atoms with Crippen molar-refractivity contribution in [1.82, 2.24) is 14.6 Å². The zero-order chi connectivity index (χ0) is 15.2. The van der Waals surface area contributed by atoms with Gasteiger partial charge in [-0.15, -0.1) is 0 Å². The molecule has 108 valence electrons. The van der Waals surface area contributed by atoms with E-state index >= 15 is 0 Å². The van der Waals surface area contributed by atoms with Gasteiger partial charge in [-0.05, 0) is 19.9 Å². The molecule has 0 aliphatic carbocycles. The lowest BCUT2D eigenvalue weighted by Gasteiger charge is -2.20. The predicted molar refractivity (Wildman–Crippen MR) is 86.6 cm³/mol. The molecule has 0 fully saturated rings. The molecule has 0 N–H and O–H groups in total. The summed E-state index contributed by atoms with van der Waals surface area (Å²) in [5, 5.41) is 4.77. The smallest absolute Gasteiger partial charge is 0.156 e. The van der Waals surface area contributed by atoms with Gasteiger partial charge in [0.2, 0.25) is 0 Å². The van der Waals surface area contributed by atoms with Crippen LogP contribution < -0.4 is 0 Å². The number of fused-ring (bicyclic) bond motifs is 1. The second-order valence-corrected chi connectivity index (χ2v) is 6.70. The molecule has 1 aromatic carbocycles. The summed E-state index contributed by atoms with van der Waals surface area (Å²) in [5.41, 5.74) is 6.51. The molecule has 21 heavy (non-hydrogen) atoms. The number of rotatable bonds is 1. The van der Waals surface area contributed by atoms with E-state index in [1.807, 2.05) is 11.4 Å². The van der Waals surface area contributed by atoms with Crippen LogP contribution in [0.15, 0.2) is 36.4 Å². The van der Waals surface area contributed by atoms with E-state index in [9.17, 15) is 0 Å². The van der Waals surface area contributed by atoms with Crippen molar-refractivity contribution in [3.63, 3.8) is 0 Å². The van der Waals surface area contributed by atoms with Gasteiger partial charge < -0.3 is 0 Å². The van der Waals surface area contributed by atoms with Crippen LogP contribution in [0.25, 0.3) is 16.9 Å². The van der Waals surface area contributed by atoms with Crippen LogP contribution in [0.4, 0.5) is 0 Å². The summed E-state index contributed by atoms with van der Waals surface area (Å²) in [6.07, 6.45) is 0. The average molecular weight is 279 g/mol. The second-order valence-electron chi connectivity index (χ2n) is 6.70. The molecule has 3 heteroatoms. The SMILES string of the molecule is Cc1ccc(-c2cc3nc(C)cc(C(C)(C)C)n3n2)cc1. The van der Waals surface area contributed by atoms with Gasteiger partial charge in [0.25, 0.3) is 0 Å². The van der Waals surface area contributed by atoms with E-state index in [1.165, 1.54) is 11.3 Å². The minimum atomic E-state index is 0.0303. The molecule has 0 aliphatic rings. The zero-order valence-corrected chi connectivity index (χ0v) is 13.3. The van der Waals surface area contributed by atoms with Crippen molar-refractivity contribution in [2.45, 2.75) is 40.0 Å². The standard InChI is InChI=1S/C18H21N3/c1-12-6-8-14(9-7-12)15-11-17-19-13(2)10-16(18(3,4)5)21(17)20-15/h6-11H,1-5H3. The Hall–Kier alpha value is -2.16. The summed E-state index contributed by atoms with van der Waals surface area (Å²) in [6, 6.07) is 12.6. The van der Waals surface area contributed by atoms with Crippen LogP contribution in [-0.4, -0.2) is 14.6 Å². The molecule has 3 rings (SSSR count). The molecule has 0 saturated heterocycles. The van der Waals surface area contributed by atoms with Gasteiger partial charge in [-0.3, -0.25) is 0 Å². The maximum absolute atomic E-state index is 4.77.